The van der Waals surface area contributed by atoms with Crippen LogP contribution in [0.2, 0.25) is 5.02 Å². The van der Waals surface area contributed by atoms with Crippen LogP contribution in [0.4, 0.5) is 5.82 Å². The fraction of sp³-hybridized carbons (Fsp3) is 0.643. The third-order valence-electron chi connectivity index (χ3n) is 3.85. The van der Waals surface area contributed by atoms with Crippen LogP contribution in [0, 0.1) is 0 Å². The molecule has 106 valence electrons. The van der Waals surface area contributed by atoms with Gasteiger partial charge < -0.3 is 4.90 Å². The average molecular weight is 302 g/mol. The summed E-state index contributed by atoms with van der Waals surface area (Å²) in [4.78, 5) is 9.13. The van der Waals surface area contributed by atoms with Gasteiger partial charge in [-0.15, -0.1) is 11.6 Å². The lowest BCUT2D eigenvalue weighted by Gasteiger charge is -2.28. The van der Waals surface area contributed by atoms with Gasteiger partial charge in [0.15, 0.2) is 0 Å². The van der Waals surface area contributed by atoms with E-state index >= 15 is 0 Å². The molecule has 3 nitrogen and oxygen atoms in total. The molecule has 0 amide bonds. The highest BCUT2D eigenvalue weighted by Crippen LogP contribution is 2.23. The van der Waals surface area contributed by atoms with Crippen molar-refractivity contribution in [2.45, 2.75) is 31.7 Å². The highest BCUT2D eigenvalue weighted by molar-refractivity contribution is 6.32. The van der Waals surface area contributed by atoms with E-state index in [0.29, 0.717) is 16.9 Å². The van der Waals surface area contributed by atoms with Crippen LogP contribution >= 0.6 is 23.2 Å². The Bertz CT molecular complexity index is 425. The number of rotatable bonds is 5. The van der Waals surface area contributed by atoms with Crippen molar-refractivity contribution in [3.05, 3.63) is 22.8 Å². The third-order valence-corrected chi connectivity index (χ3v) is 4.47. The first kappa shape index (κ1) is 14.9. The quantitative estimate of drug-likeness (QED) is 0.777. The molecule has 0 saturated carbocycles. The molecule has 1 aromatic heterocycles. The van der Waals surface area contributed by atoms with E-state index in [-0.39, 0.29) is 0 Å². The number of likely N-dealkylation sites (tertiary alicyclic amines) is 1. The van der Waals surface area contributed by atoms with Gasteiger partial charge in [0, 0.05) is 31.7 Å². The normalized spacial score (nSPS) is 19.9. The van der Waals surface area contributed by atoms with Gasteiger partial charge in [-0.1, -0.05) is 18.5 Å². The molecule has 19 heavy (non-hydrogen) atoms. The van der Waals surface area contributed by atoms with Gasteiger partial charge in [0.2, 0.25) is 0 Å². The van der Waals surface area contributed by atoms with Crippen molar-refractivity contribution in [3.8, 4) is 0 Å². The van der Waals surface area contributed by atoms with Crippen molar-refractivity contribution < 1.29 is 0 Å². The molecular weight excluding hydrogens is 281 g/mol. The van der Waals surface area contributed by atoms with Gasteiger partial charge >= 0.3 is 0 Å². The monoisotopic (exact) mass is 301 g/mol. The van der Waals surface area contributed by atoms with Crippen LogP contribution in [-0.4, -0.2) is 42.6 Å². The van der Waals surface area contributed by atoms with Crippen molar-refractivity contribution in [1.82, 2.24) is 9.88 Å². The molecule has 2 rings (SSSR count). The topological polar surface area (TPSA) is 19.4 Å². The lowest BCUT2D eigenvalue weighted by atomic mass is 10.2. The van der Waals surface area contributed by atoms with Gasteiger partial charge in [-0.2, -0.15) is 0 Å². The number of halogens is 2. The minimum atomic E-state index is 0.423. The van der Waals surface area contributed by atoms with E-state index in [1.165, 1.54) is 19.4 Å². The molecule has 1 fully saturated rings. The molecular formula is C14H21Cl2N3. The predicted molar refractivity (Wildman–Crippen MR) is 82.3 cm³/mol. The predicted octanol–water partition coefficient (Wildman–Crippen LogP) is 3.39. The summed E-state index contributed by atoms with van der Waals surface area (Å²) >= 11 is 11.9. The molecule has 1 aromatic rings. The van der Waals surface area contributed by atoms with Gasteiger partial charge in [0.1, 0.15) is 5.82 Å². The molecule has 1 aliphatic heterocycles. The van der Waals surface area contributed by atoms with Crippen LogP contribution in [0.3, 0.4) is 0 Å². The number of hydrogen-bond donors (Lipinski definition) is 0. The van der Waals surface area contributed by atoms with E-state index in [2.05, 4.69) is 28.8 Å². The second kappa shape index (κ2) is 6.78. The van der Waals surface area contributed by atoms with Gasteiger partial charge in [0.25, 0.3) is 0 Å². The number of pyridine rings is 1. The first-order valence-corrected chi connectivity index (χ1v) is 7.72. The smallest absolute Gasteiger partial charge is 0.128 e. The summed E-state index contributed by atoms with van der Waals surface area (Å²) in [6, 6.07) is 2.62. The van der Waals surface area contributed by atoms with Crippen LogP contribution in [0.15, 0.2) is 12.3 Å². The summed E-state index contributed by atoms with van der Waals surface area (Å²) in [5.41, 5.74) is 0.943. The second-order valence-electron chi connectivity index (χ2n) is 5.07. The van der Waals surface area contributed by atoms with Gasteiger partial charge in [0.05, 0.1) is 5.02 Å². The number of likely N-dealkylation sites (N-methyl/N-ethyl adjacent to an activating group) is 2. The first-order chi connectivity index (χ1) is 9.15. The van der Waals surface area contributed by atoms with Crippen LogP contribution < -0.4 is 4.90 Å². The molecule has 5 heteroatoms. The lowest BCUT2D eigenvalue weighted by Crippen LogP contribution is -2.39. The fourth-order valence-corrected chi connectivity index (χ4v) is 3.17. The zero-order chi connectivity index (χ0) is 13.8. The van der Waals surface area contributed by atoms with Crippen LogP contribution in [-0.2, 0) is 5.88 Å². The number of nitrogens with zero attached hydrogens (tertiary/aromatic N) is 3. The van der Waals surface area contributed by atoms with Gasteiger partial charge in [-0.05, 0) is 37.6 Å². The Labute approximate surface area is 125 Å². The Morgan fingerprint density at radius 3 is 3.00 bits per heavy atom. The van der Waals surface area contributed by atoms with Crippen molar-refractivity contribution in [1.29, 1.82) is 0 Å². The minimum Gasteiger partial charge on any atom is -0.358 e. The second-order valence-corrected chi connectivity index (χ2v) is 5.75. The minimum absolute atomic E-state index is 0.423. The fourth-order valence-electron chi connectivity index (χ4n) is 2.71. The Morgan fingerprint density at radius 1 is 1.53 bits per heavy atom. The van der Waals surface area contributed by atoms with Crippen molar-refractivity contribution in [3.63, 3.8) is 0 Å². The van der Waals surface area contributed by atoms with E-state index < -0.39 is 0 Å². The van der Waals surface area contributed by atoms with E-state index in [1.54, 1.807) is 6.20 Å². The summed E-state index contributed by atoms with van der Waals surface area (Å²) in [6.07, 6.45) is 4.26. The maximum Gasteiger partial charge on any atom is 0.128 e. The molecule has 0 aromatic carbocycles. The SMILES string of the molecule is CCN1CCCC1CN(C)c1cc(CCl)c(Cl)cn1. The largest absolute Gasteiger partial charge is 0.358 e. The van der Waals surface area contributed by atoms with E-state index in [9.17, 15) is 0 Å². The zero-order valence-electron chi connectivity index (χ0n) is 11.6. The number of alkyl halides is 1. The maximum atomic E-state index is 6.04. The molecule has 1 unspecified atom stereocenters. The zero-order valence-corrected chi connectivity index (χ0v) is 13.1. The van der Waals surface area contributed by atoms with E-state index in [4.69, 9.17) is 23.2 Å². The molecule has 1 saturated heterocycles. The summed E-state index contributed by atoms with van der Waals surface area (Å²) in [7, 11) is 2.08. The van der Waals surface area contributed by atoms with E-state index in [1.807, 2.05) is 6.07 Å². The van der Waals surface area contributed by atoms with Crippen LogP contribution in [0.1, 0.15) is 25.3 Å². The molecule has 0 bridgehead atoms. The van der Waals surface area contributed by atoms with Crippen LogP contribution in [0.5, 0.6) is 0 Å². The van der Waals surface area contributed by atoms with Gasteiger partial charge in [-0.3, -0.25) is 4.90 Å². The molecule has 0 N–H and O–H groups in total. The van der Waals surface area contributed by atoms with Crippen molar-refractivity contribution >= 4 is 29.0 Å². The highest BCUT2D eigenvalue weighted by atomic mass is 35.5. The third kappa shape index (κ3) is 3.53. The number of aromatic nitrogens is 1. The average Bonchev–Trinajstić information content (AvgIpc) is 2.86. The maximum absolute atomic E-state index is 6.04. The summed E-state index contributed by atoms with van der Waals surface area (Å²) in [5, 5.41) is 0.642. The summed E-state index contributed by atoms with van der Waals surface area (Å²) in [6.45, 7) is 5.57. The summed E-state index contributed by atoms with van der Waals surface area (Å²) < 4.78 is 0. The lowest BCUT2D eigenvalue weighted by molar-refractivity contribution is 0.270. The Balaban J connectivity index is 2.05. The van der Waals surface area contributed by atoms with Crippen molar-refractivity contribution in [2.24, 2.45) is 0 Å². The molecule has 2 heterocycles. The molecule has 1 aliphatic rings. The standard InChI is InChI=1S/C14H21Cl2N3/c1-3-19-6-4-5-12(19)10-18(2)14-7-11(8-15)13(16)9-17-14/h7,9,12H,3-6,8,10H2,1-2H3. The Hall–Kier alpha value is -0.510. The van der Waals surface area contributed by atoms with Crippen molar-refractivity contribution in [2.75, 3.05) is 31.6 Å². The van der Waals surface area contributed by atoms with E-state index in [0.717, 1.165) is 24.5 Å². The molecule has 0 radical (unpaired) electrons. The highest BCUT2D eigenvalue weighted by Gasteiger charge is 2.24. The Morgan fingerprint density at radius 2 is 2.32 bits per heavy atom. The molecule has 0 aliphatic carbocycles. The Kier molecular flexibility index (Phi) is 5.31. The first-order valence-electron chi connectivity index (χ1n) is 6.81. The number of hydrogen-bond acceptors (Lipinski definition) is 3. The van der Waals surface area contributed by atoms with Gasteiger partial charge in [-0.25, -0.2) is 4.98 Å². The van der Waals surface area contributed by atoms with Crippen LogP contribution in [0.25, 0.3) is 0 Å². The molecule has 0 spiro atoms. The summed E-state index contributed by atoms with van der Waals surface area (Å²) in [5.74, 6) is 1.37. The number of anilines is 1. The molecule has 1 atom stereocenters.